The quantitative estimate of drug-likeness (QED) is 0.821. The number of nitrogens with zero attached hydrogens (tertiary/aromatic N) is 1. The van der Waals surface area contributed by atoms with Crippen LogP contribution in [0.15, 0.2) is 33.6 Å². The number of nitrogens with one attached hydrogen (secondary N) is 1. The molecule has 1 amide bonds. The zero-order valence-electron chi connectivity index (χ0n) is 11.8. The number of carbonyl (C=O) groups excluding carboxylic acids is 1. The van der Waals surface area contributed by atoms with Crippen molar-refractivity contribution < 1.29 is 26.4 Å². The summed E-state index contributed by atoms with van der Waals surface area (Å²) in [5.74, 6) is -0.932. The molecule has 1 unspecified atom stereocenters. The Morgan fingerprint density at radius 1 is 1.39 bits per heavy atom. The maximum absolute atomic E-state index is 12.6. The van der Waals surface area contributed by atoms with Gasteiger partial charge < -0.3 is 5.32 Å². The molecule has 1 aromatic carbocycles. The van der Waals surface area contributed by atoms with Crippen LogP contribution in [0.2, 0.25) is 0 Å². The molecule has 1 saturated heterocycles. The van der Waals surface area contributed by atoms with Crippen LogP contribution in [-0.4, -0.2) is 43.9 Å². The van der Waals surface area contributed by atoms with Gasteiger partial charge in [0.05, 0.1) is 4.90 Å². The fourth-order valence-electron chi connectivity index (χ4n) is 2.36. The summed E-state index contributed by atoms with van der Waals surface area (Å²) in [4.78, 5) is 11.9. The van der Waals surface area contributed by atoms with E-state index < -0.39 is 34.7 Å². The summed E-state index contributed by atoms with van der Waals surface area (Å²) in [6, 6.07) is 4.82. The highest BCUT2D eigenvalue weighted by atomic mass is 79.9. The molecule has 1 N–H and O–H groups in total. The zero-order valence-corrected chi connectivity index (χ0v) is 14.2. The van der Waals surface area contributed by atoms with Gasteiger partial charge >= 0.3 is 6.18 Å². The van der Waals surface area contributed by atoms with Crippen LogP contribution in [0.4, 0.5) is 13.2 Å². The first-order valence-corrected chi connectivity index (χ1v) is 8.96. The lowest BCUT2D eigenvalue weighted by Gasteiger charge is -2.23. The number of alkyl halides is 3. The molecule has 128 valence electrons. The minimum atomic E-state index is -4.54. The van der Waals surface area contributed by atoms with Crippen molar-refractivity contribution >= 4 is 31.9 Å². The molecule has 0 saturated carbocycles. The molecule has 1 fully saturated rings. The molecule has 0 aliphatic carbocycles. The molecule has 0 aromatic heterocycles. The number of halogens is 4. The van der Waals surface area contributed by atoms with E-state index in [1.807, 2.05) is 0 Å². The van der Waals surface area contributed by atoms with Crippen molar-refractivity contribution in [3.63, 3.8) is 0 Å². The molecule has 1 aliphatic rings. The standard InChI is InChI=1S/C13H14BrF3N2O3S/c14-9-3-1-4-10(7-9)23(21,22)19-6-2-5-11(19)12(20)18-8-13(15,16)17/h1,3-4,7,11H,2,5-6,8H2,(H,18,20). The Morgan fingerprint density at radius 3 is 2.70 bits per heavy atom. The van der Waals surface area contributed by atoms with E-state index in [9.17, 15) is 26.4 Å². The topological polar surface area (TPSA) is 66.5 Å². The average Bonchev–Trinajstić information content (AvgIpc) is 2.94. The van der Waals surface area contributed by atoms with Gasteiger partial charge in [0.15, 0.2) is 0 Å². The minimum absolute atomic E-state index is 0.0117. The Kier molecular flexibility index (Phi) is 5.37. The van der Waals surface area contributed by atoms with Gasteiger partial charge in [0.1, 0.15) is 12.6 Å². The highest BCUT2D eigenvalue weighted by Gasteiger charge is 2.40. The van der Waals surface area contributed by atoms with Gasteiger partial charge in [-0.3, -0.25) is 4.79 Å². The number of benzene rings is 1. The van der Waals surface area contributed by atoms with Gasteiger partial charge in [-0.1, -0.05) is 22.0 Å². The third kappa shape index (κ3) is 4.45. The van der Waals surface area contributed by atoms with E-state index in [-0.39, 0.29) is 17.9 Å². The SMILES string of the molecule is O=C(NCC(F)(F)F)C1CCCN1S(=O)(=O)c1cccc(Br)c1. The lowest BCUT2D eigenvalue weighted by Crippen LogP contribution is -2.47. The third-order valence-electron chi connectivity index (χ3n) is 3.37. The molecular formula is C13H14BrF3N2O3S. The molecule has 2 rings (SSSR count). The van der Waals surface area contributed by atoms with Crippen LogP contribution in [0.3, 0.4) is 0 Å². The van der Waals surface area contributed by atoms with Crippen molar-refractivity contribution in [3.8, 4) is 0 Å². The summed E-state index contributed by atoms with van der Waals surface area (Å²) in [6.45, 7) is -1.38. The summed E-state index contributed by atoms with van der Waals surface area (Å²) in [6.07, 6.45) is -3.93. The van der Waals surface area contributed by atoms with Crippen molar-refractivity contribution in [1.29, 1.82) is 0 Å². The lowest BCUT2D eigenvalue weighted by atomic mass is 10.2. The number of carbonyl (C=O) groups is 1. The van der Waals surface area contributed by atoms with Crippen molar-refractivity contribution in [3.05, 3.63) is 28.7 Å². The smallest absolute Gasteiger partial charge is 0.346 e. The van der Waals surface area contributed by atoms with Crippen LogP contribution in [0, 0.1) is 0 Å². The van der Waals surface area contributed by atoms with Gasteiger partial charge in [0.2, 0.25) is 15.9 Å². The number of sulfonamides is 1. The second-order valence-corrected chi connectivity index (χ2v) is 7.87. The van der Waals surface area contributed by atoms with E-state index in [4.69, 9.17) is 0 Å². The van der Waals surface area contributed by atoms with E-state index in [0.717, 1.165) is 4.31 Å². The zero-order chi connectivity index (χ0) is 17.3. The first-order valence-electron chi connectivity index (χ1n) is 6.73. The van der Waals surface area contributed by atoms with Crippen LogP contribution in [0.1, 0.15) is 12.8 Å². The van der Waals surface area contributed by atoms with Crippen molar-refractivity contribution in [2.45, 2.75) is 30.0 Å². The van der Waals surface area contributed by atoms with Gasteiger partial charge in [0, 0.05) is 11.0 Å². The van der Waals surface area contributed by atoms with E-state index in [1.165, 1.54) is 18.2 Å². The van der Waals surface area contributed by atoms with Crippen LogP contribution in [0.5, 0.6) is 0 Å². The maximum atomic E-state index is 12.6. The molecule has 1 heterocycles. The second kappa shape index (κ2) is 6.78. The van der Waals surface area contributed by atoms with Gasteiger partial charge in [-0.2, -0.15) is 17.5 Å². The molecule has 0 radical (unpaired) electrons. The summed E-state index contributed by atoms with van der Waals surface area (Å²) >= 11 is 3.17. The first kappa shape index (κ1) is 18.2. The largest absolute Gasteiger partial charge is 0.405 e. The third-order valence-corrected chi connectivity index (χ3v) is 5.77. The predicted molar refractivity (Wildman–Crippen MR) is 80.1 cm³/mol. The van der Waals surface area contributed by atoms with Crippen LogP contribution in [0.25, 0.3) is 0 Å². The monoisotopic (exact) mass is 414 g/mol. The fourth-order valence-corrected chi connectivity index (χ4v) is 4.61. The average molecular weight is 415 g/mol. The molecule has 1 aliphatic heterocycles. The van der Waals surface area contributed by atoms with Crippen molar-refractivity contribution in [1.82, 2.24) is 9.62 Å². The fraction of sp³-hybridized carbons (Fsp3) is 0.462. The van der Waals surface area contributed by atoms with Crippen molar-refractivity contribution in [2.24, 2.45) is 0 Å². The summed E-state index contributed by atoms with van der Waals surface area (Å²) in [5, 5.41) is 1.75. The van der Waals surface area contributed by atoms with E-state index >= 15 is 0 Å². The Morgan fingerprint density at radius 2 is 2.09 bits per heavy atom. The van der Waals surface area contributed by atoms with Gasteiger partial charge in [-0.05, 0) is 31.0 Å². The number of hydrogen-bond acceptors (Lipinski definition) is 3. The highest BCUT2D eigenvalue weighted by Crippen LogP contribution is 2.27. The number of rotatable bonds is 4. The van der Waals surface area contributed by atoms with E-state index in [0.29, 0.717) is 10.9 Å². The lowest BCUT2D eigenvalue weighted by molar-refractivity contribution is -0.140. The van der Waals surface area contributed by atoms with Crippen LogP contribution < -0.4 is 5.32 Å². The van der Waals surface area contributed by atoms with Crippen LogP contribution in [-0.2, 0) is 14.8 Å². The number of amides is 1. The molecule has 0 bridgehead atoms. The minimum Gasteiger partial charge on any atom is -0.346 e. The predicted octanol–water partition coefficient (Wildman–Crippen LogP) is 2.28. The maximum Gasteiger partial charge on any atom is 0.405 e. The number of hydrogen-bond donors (Lipinski definition) is 1. The second-order valence-electron chi connectivity index (χ2n) is 5.06. The molecule has 0 spiro atoms. The molecule has 10 heteroatoms. The van der Waals surface area contributed by atoms with E-state index in [1.54, 1.807) is 11.4 Å². The Labute approximate surface area is 140 Å². The first-order chi connectivity index (χ1) is 10.6. The Hall–Kier alpha value is -1.13. The molecule has 1 aromatic rings. The Bertz CT molecular complexity index is 694. The highest BCUT2D eigenvalue weighted by molar-refractivity contribution is 9.10. The van der Waals surface area contributed by atoms with E-state index in [2.05, 4.69) is 15.9 Å². The van der Waals surface area contributed by atoms with Gasteiger partial charge in [-0.25, -0.2) is 8.42 Å². The molecular weight excluding hydrogens is 401 g/mol. The molecule has 23 heavy (non-hydrogen) atoms. The molecule has 5 nitrogen and oxygen atoms in total. The normalized spacial score (nSPS) is 19.7. The summed E-state index contributed by atoms with van der Waals surface area (Å²) in [7, 11) is -3.95. The van der Waals surface area contributed by atoms with Crippen molar-refractivity contribution in [2.75, 3.05) is 13.1 Å². The van der Waals surface area contributed by atoms with Gasteiger partial charge in [-0.15, -0.1) is 0 Å². The summed E-state index contributed by atoms with van der Waals surface area (Å²) < 4.78 is 63.3. The summed E-state index contributed by atoms with van der Waals surface area (Å²) in [5.41, 5.74) is 0. The van der Waals surface area contributed by atoms with Gasteiger partial charge in [0.25, 0.3) is 0 Å². The van der Waals surface area contributed by atoms with Crippen LogP contribution >= 0.6 is 15.9 Å². The Balaban J connectivity index is 2.19. The molecule has 1 atom stereocenters.